The number of carbonyl (C=O) groups is 1. The van der Waals surface area contributed by atoms with Gasteiger partial charge in [-0.2, -0.15) is 0 Å². The average molecular weight is 299 g/mol. The number of carbonyl (C=O) groups excluding carboxylic acids is 1. The predicted molar refractivity (Wildman–Crippen MR) is 79.9 cm³/mol. The van der Waals surface area contributed by atoms with E-state index in [1.165, 1.54) is 0 Å². The van der Waals surface area contributed by atoms with Crippen LogP contribution in [0, 0.1) is 5.92 Å². The molecular weight excluding hydrogens is 282 g/mol. The Morgan fingerprint density at radius 3 is 3.14 bits per heavy atom. The van der Waals surface area contributed by atoms with Crippen LogP contribution in [0.2, 0.25) is 0 Å². The Labute approximate surface area is 126 Å². The molecule has 4 rings (SSSR count). The molecule has 4 heterocycles. The van der Waals surface area contributed by atoms with Crippen molar-refractivity contribution < 1.29 is 4.79 Å². The van der Waals surface area contributed by atoms with Gasteiger partial charge in [0.05, 0.1) is 23.7 Å². The number of nitrogens with two attached hydrogens (primary N) is 1. The van der Waals surface area contributed by atoms with Crippen molar-refractivity contribution in [1.29, 1.82) is 0 Å². The molecule has 2 atom stereocenters. The number of hydrogen-bond donors (Lipinski definition) is 2. The molecular formula is C14H17N7O. The summed E-state index contributed by atoms with van der Waals surface area (Å²) in [4.78, 5) is 21.2. The van der Waals surface area contributed by atoms with E-state index in [1.807, 2.05) is 16.7 Å². The number of likely N-dealkylation sites (tertiary alicyclic amines) is 1. The molecule has 1 aliphatic rings. The zero-order valence-electron chi connectivity index (χ0n) is 12.2. The highest BCUT2D eigenvalue weighted by Crippen LogP contribution is 2.34. The van der Waals surface area contributed by atoms with Crippen LogP contribution < -0.4 is 5.73 Å². The highest BCUT2D eigenvalue weighted by Gasteiger charge is 2.37. The molecule has 3 aromatic heterocycles. The lowest BCUT2D eigenvalue weighted by Gasteiger charge is -2.20. The van der Waals surface area contributed by atoms with Gasteiger partial charge in [0.25, 0.3) is 0 Å². The number of nitrogens with one attached hydrogen (secondary N) is 1. The molecule has 0 spiro atoms. The number of hydrogen-bond acceptors (Lipinski definition) is 5. The van der Waals surface area contributed by atoms with Crippen LogP contribution in [0.1, 0.15) is 25.2 Å². The van der Waals surface area contributed by atoms with Gasteiger partial charge >= 0.3 is 0 Å². The Morgan fingerprint density at radius 1 is 1.50 bits per heavy atom. The minimum Gasteiger partial charge on any atom is -0.369 e. The third-order valence-electron chi connectivity index (χ3n) is 4.48. The van der Waals surface area contributed by atoms with Crippen LogP contribution in [-0.4, -0.2) is 48.5 Å². The topological polar surface area (TPSA) is 105 Å². The summed E-state index contributed by atoms with van der Waals surface area (Å²) in [6.45, 7) is 3.59. The highest BCUT2D eigenvalue weighted by molar-refractivity contribution is 5.77. The van der Waals surface area contributed by atoms with E-state index in [0.717, 1.165) is 23.5 Å². The second kappa shape index (κ2) is 4.77. The van der Waals surface area contributed by atoms with Crippen LogP contribution in [0.5, 0.6) is 0 Å². The van der Waals surface area contributed by atoms with E-state index in [4.69, 9.17) is 5.73 Å². The number of amides is 1. The van der Waals surface area contributed by atoms with E-state index in [-0.39, 0.29) is 17.9 Å². The van der Waals surface area contributed by atoms with Crippen molar-refractivity contribution in [2.45, 2.75) is 19.4 Å². The predicted octanol–water partition coefficient (Wildman–Crippen LogP) is 0.474. The molecule has 0 radical (unpaired) electrons. The molecule has 8 nitrogen and oxygen atoms in total. The normalized spacial score (nSPS) is 22.8. The first-order chi connectivity index (χ1) is 10.7. The van der Waals surface area contributed by atoms with Gasteiger partial charge in [0.15, 0.2) is 17.1 Å². The molecule has 0 bridgehead atoms. The summed E-state index contributed by atoms with van der Waals surface area (Å²) < 4.78 is 2.01. The molecule has 1 saturated heterocycles. The largest absolute Gasteiger partial charge is 0.369 e. The van der Waals surface area contributed by atoms with Crippen LogP contribution in [-0.2, 0) is 4.79 Å². The molecule has 3 aromatic rings. The molecule has 0 unspecified atom stereocenters. The van der Waals surface area contributed by atoms with Crippen molar-refractivity contribution >= 4 is 22.7 Å². The van der Waals surface area contributed by atoms with Crippen molar-refractivity contribution in [3.63, 3.8) is 0 Å². The van der Waals surface area contributed by atoms with E-state index in [0.29, 0.717) is 18.6 Å². The minimum atomic E-state index is -0.247. The van der Waals surface area contributed by atoms with Crippen molar-refractivity contribution in [2.24, 2.45) is 11.7 Å². The SMILES string of the molecule is CCN1C[C@H](C(N)=O)C[C@@H]1c1nnc2cnc3[nH]ccc3n12. The van der Waals surface area contributed by atoms with E-state index >= 15 is 0 Å². The number of rotatable bonds is 3. The summed E-state index contributed by atoms with van der Waals surface area (Å²) >= 11 is 0. The van der Waals surface area contributed by atoms with Gasteiger partial charge in [0.2, 0.25) is 5.91 Å². The summed E-state index contributed by atoms with van der Waals surface area (Å²) in [7, 11) is 0. The van der Waals surface area contributed by atoms with E-state index < -0.39 is 0 Å². The molecule has 114 valence electrons. The molecule has 1 aliphatic heterocycles. The Bertz CT molecular complexity index is 851. The first-order valence-electron chi connectivity index (χ1n) is 7.39. The monoisotopic (exact) mass is 299 g/mol. The lowest BCUT2D eigenvalue weighted by Crippen LogP contribution is -2.28. The molecule has 22 heavy (non-hydrogen) atoms. The standard InChI is InChI=1S/C14H17N7O/c1-2-20-7-8(12(15)22)5-10(20)14-19-18-11-6-17-13-9(21(11)14)3-4-16-13/h3-4,6,8,10,16H,2,5,7H2,1H3,(H2,15,22)/t8-,10-/m1/s1. The highest BCUT2D eigenvalue weighted by atomic mass is 16.1. The van der Waals surface area contributed by atoms with Gasteiger partial charge in [-0.25, -0.2) is 4.98 Å². The van der Waals surface area contributed by atoms with Crippen molar-refractivity contribution in [3.05, 3.63) is 24.3 Å². The molecule has 0 aliphatic carbocycles. The molecule has 8 heteroatoms. The maximum absolute atomic E-state index is 11.6. The molecule has 0 aromatic carbocycles. The fraction of sp³-hybridized carbons (Fsp3) is 0.429. The first-order valence-corrected chi connectivity index (χ1v) is 7.39. The van der Waals surface area contributed by atoms with Gasteiger partial charge < -0.3 is 10.7 Å². The number of fused-ring (bicyclic) bond motifs is 3. The smallest absolute Gasteiger partial charge is 0.221 e. The fourth-order valence-electron chi connectivity index (χ4n) is 3.34. The third-order valence-corrected chi connectivity index (χ3v) is 4.48. The summed E-state index contributed by atoms with van der Waals surface area (Å²) in [6.07, 6.45) is 4.23. The third kappa shape index (κ3) is 1.80. The summed E-state index contributed by atoms with van der Waals surface area (Å²) in [5.74, 6) is 0.455. The van der Waals surface area contributed by atoms with Crippen LogP contribution in [0.25, 0.3) is 16.8 Å². The quantitative estimate of drug-likeness (QED) is 0.731. The Morgan fingerprint density at radius 2 is 2.36 bits per heavy atom. The van der Waals surface area contributed by atoms with Gasteiger partial charge in [-0.1, -0.05) is 6.92 Å². The summed E-state index contributed by atoms with van der Waals surface area (Å²) in [5, 5.41) is 8.59. The first kappa shape index (κ1) is 13.2. The lowest BCUT2D eigenvalue weighted by molar-refractivity contribution is -0.121. The van der Waals surface area contributed by atoms with Crippen molar-refractivity contribution in [1.82, 2.24) is 29.5 Å². The van der Waals surface area contributed by atoms with Crippen LogP contribution in [0.4, 0.5) is 0 Å². The van der Waals surface area contributed by atoms with Gasteiger partial charge in [0.1, 0.15) is 0 Å². The van der Waals surface area contributed by atoms with E-state index in [1.54, 1.807) is 6.20 Å². The second-order valence-electron chi connectivity index (χ2n) is 5.66. The molecule has 1 fully saturated rings. The number of nitrogens with zero attached hydrogens (tertiary/aromatic N) is 5. The van der Waals surface area contributed by atoms with Crippen molar-refractivity contribution in [3.8, 4) is 0 Å². The van der Waals surface area contributed by atoms with Gasteiger partial charge in [-0.3, -0.25) is 14.1 Å². The average Bonchev–Trinajstić information content (AvgIpc) is 3.22. The van der Waals surface area contributed by atoms with Crippen LogP contribution in [0.3, 0.4) is 0 Å². The van der Waals surface area contributed by atoms with Gasteiger partial charge in [0, 0.05) is 12.7 Å². The van der Waals surface area contributed by atoms with Crippen molar-refractivity contribution in [2.75, 3.05) is 13.1 Å². The number of H-pyrrole nitrogens is 1. The Kier molecular flexibility index (Phi) is 2.86. The second-order valence-corrected chi connectivity index (χ2v) is 5.66. The minimum absolute atomic E-state index is 0.0398. The fourth-order valence-corrected chi connectivity index (χ4v) is 3.34. The maximum Gasteiger partial charge on any atom is 0.221 e. The zero-order chi connectivity index (χ0) is 15.3. The van der Waals surface area contributed by atoms with E-state index in [9.17, 15) is 4.79 Å². The van der Waals surface area contributed by atoms with Gasteiger partial charge in [-0.05, 0) is 19.0 Å². The maximum atomic E-state index is 11.6. The van der Waals surface area contributed by atoms with Gasteiger partial charge in [-0.15, -0.1) is 10.2 Å². The Hall–Kier alpha value is -2.48. The number of aromatic nitrogens is 5. The number of aromatic amines is 1. The Balaban J connectivity index is 1.86. The molecule has 0 saturated carbocycles. The summed E-state index contributed by atoms with van der Waals surface area (Å²) in [6, 6.07) is 2.00. The summed E-state index contributed by atoms with van der Waals surface area (Å²) in [5.41, 5.74) is 7.94. The molecule has 3 N–H and O–H groups in total. The van der Waals surface area contributed by atoms with Crippen LogP contribution in [0.15, 0.2) is 18.5 Å². The van der Waals surface area contributed by atoms with Crippen LogP contribution >= 0.6 is 0 Å². The lowest BCUT2D eigenvalue weighted by atomic mass is 10.0. The zero-order valence-corrected chi connectivity index (χ0v) is 12.2. The molecule has 1 amide bonds. The van der Waals surface area contributed by atoms with E-state index in [2.05, 4.69) is 32.0 Å². The number of primary amides is 1.